The Bertz CT molecular complexity index is 592. The summed E-state index contributed by atoms with van der Waals surface area (Å²) in [5.41, 5.74) is 0.566. The van der Waals surface area contributed by atoms with Crippen molar-refractivity contribution in [2.24, 2.45) is 0 Å². The maximum atomic E-state index is 12.0. The Morgan fingerprint density at radius 2 is 2.16 bits per heavy atom. The van der Waals surface area contributed by atoms with Crippen LogP contribution < -0.4 is 10.1 Å². The van der Waals surface area contributed by atoms with Gasteiger partial charge in [-0.15, -0.1) is 0 Å². The van der Waals surface area contributed by atoms with Gasteiger partial charge in [-0.05, 0) is 53.2 Å². The monoisotopic (exact) mass is 323 g/mol. The Morgan fingerprint density at radius 1 is 1.37 bits per heavy atom. The number of hydrogen-bond donors (Lipinski definition) is 1. The van der Waals surface area contributed by atoms with Crippen molar-refractivity contribution < 1.29 is 13.9 Å². The van der Waals surface area contributed by atoms with E-state index in [1.54, 1.807) is 25.3 Å². The maximum absolute atomic E-state index is 12.0. The van der Waals surface area contributed by atoms with Crippen molar-refractivity contribution in [1.82, 2.24) is 5.32 Å². The zero-order valence-corrected chi connectivity index (χ0v) is 12.3. The molecule has 0 saturated carbocycles. The Kier molecular flexibility index (Phi) is 4.27. The van der Waals surface area contributed by atoms with Crippen molar-refractivity contribution in [2.75, 3.05) is 7.11 Å². The lowest BCUT2D eigenvalue weighted by atomic mass is 10.2. The van der Waals surface area contributed by atoms with Gasteiger partial charge < -0.3 is 14.5 Å². The average Bonchev–Trinajstić information content (AvgIpc) is 2.81. The molecule has 1 aromatic carbocycles. The summed E-state index contributed by atoms with van der Waals surface area (Å²) in [7, 11) is 1.58. The zero-order chi connectivity index (χ0) is 13.8. The molecule has 1 aromatic heterocycles. The fourth-order valence-corrected chi connectivity index (χ4v) is 2.20. The van der Waals surface area contributed by atoms with Crippen molar-refractivity contribution in [3.05, 3.63) is 51.9 Å². The van der Waals surface area contributed by atoms with Crippen molar-refractivity contribution in [3.63, 3.8) is 0 Å². The van der Waals surface area contributed by atoms with Crippen LogP contribution in [0.5, 0.6) is 5.75 Å². The molecule has 5 heteroatoms. The number of furan rings is 1. The molecule has 0 aliphatic carbocycles. The highest BCUT2D eigenvalue weighted by Gasteiger charge is 2.09. The predicted molar refractivity (Wildman–Crippen MR) is 75.3 cm³/mol. The van der Waals surface area contributed by atoms with Gasteiger partial charge in [0.05, 0.1) is 18.1 Å². The number of methoxy groups -OCH3 is 1. The van der Waals surface area contributed by atoms with E-state index in [1.165, 1.54) is 0 Å². The van der Waals surface area contributed by atoms with Gasteiger partial charge in [0.2, 0.25) is 0 Å². The van der Waals surface area contributed by atoms with E-state index in [9.17, 15) is 4.79 Å². The third-order valence-corrected chi connectivity index (χ3v) is 3.25. The van der Waals surface area contributed by atoms with Crippen LogP contribution in [0.1, 0.15) is 21.9 Å². The number of benzene rings is 1. The van der Waals surface area contributed by atoms with Gasteiger partial charge in [0, 0.05) is 5.56 Å². The second kappa shape index (κ2) is 5.93. The Labute approximate surface area is 119 Å². The Balaban J connectivity index is 2.01. The number of halogens is 1. The van der Waals surface area contributed by atoms with Gasteiger partial charge >= 0.3 is 0 Å². The van der Waals surface area contributed by atoms with Crippen LogP contribution in [0.25, 0.3) is 0 Å². The number of hydrogen-bond acceptors (Lipinski definition) is 3. The van der Waals surface area contributed by atoms with E-state index < -0.39 is 0 Å². The lowest BCUT2D eigenvalue weighted by Gasteiger charge is -2.06. The largest absolute Gasteiger partial charge is 0.496 e. The van der Waals surface area contributed by atoms with E-state index in [4.69, 9.17) is 9.15 Å². The number of carbonyl (C=O) groups is 1. The standard InChI is InChI=1S/C14H14BrNO3/c1-9-3-5-11(19-9)8-16-14(17)10-4-6-13(18-2)12(15)7-10/h3-7H,8H2,1-2H3,(H,16,17). The molecule has 0 unspecified atom stereocenters. The van der Waals surface area contributed by atoms with Gasteiger partial charge in [-0.25, -0.2) is 0 Å². The van der Waals surface area contributed by atoms with Crippen LogP contribution in [0.2, 0.25) is 0 Å². The quantitative estimate of drug-likeness (QED) is 0.939. The molecule has 0 radical (unpaired) electrons. The van der Waals surface area contributed by atoms with Gasteiger partial charge in [0.15, 0.2) is 0 Å². The van der Waals surface area contributed by atoms with Crippen LogP contribution in [0.15, 0.2) is 39.2 Å². The third kappa shape index (κ3) is 3.38. The van der Waals surface area contributed by atoms with E-state index in [1.807, 2.05) is 19.1 Å². The van der Waals surface area contributed by atoms with E-state index in [2.05, 4.69) is 21.2 Å². The highest BCUT2D eigenvalue weighted by atomic mass is 79.9. The topological polar surface area (TPSA) is 51.5 Å². The Hall–Kier alpha value is -1.75. The van der Waals surface area contributed by atoms with Gasteiger partial charge in [0.25, 0.3) is 5.91 Å². The van der Waals surface area contributed by atoms with E-state index in [-0.39, 0.29) is 5.91 Å². The molecule has 0 saturated heterocycles. The summed E-state index contributed by atoms with van der Waals surface area (Å²) in [6.07, 6.45) is 0. The molecule has 19 heavy (non-hydrogen) atoms. The van der Waals surface area contributed by atoms with Crippen molar-refractivity contribution in [3.8, 4) is 5.75 Å². The summed E-state index contributed by atoms with van der Waals surface area (Å²) in [6, 6.07) is 8.90. The molecule has 0 atom stereocenters. The smallest absolute Gasteiger partial charge is 0.251 e. The summed E-state index contributed by atoms with van der Waals surface area (Å²) >= 11 is 3.35. The third-order valence-electron chi connectivity index (χ3n) is 2.63. The van der Waals surface area contributed by atoms with Crippen LogP contribution in [0.4, 0.5) is 0 Å². The van der Waals surface area contributed by atoms with Crippen LogP contribution >= 0.6 is 15.9 Å². The minimum absolute atomic E-state index is 0.155. The molecule has 4 nitrogen and oxygen atoms in total. The number of rotatable bonds is 4. The maximum Gasteiger partial charge on any atom is 0.251 e. The molecule has 1 heterocycles. The summed E-state index contributed by atoms with van der Waals surface area (Å²) in [4.78, 5) is 12.0. The second-order valence-electron chi connectivity index (χ2n) is 4.04. The highest BCUT2D eigenvalue weighted by molar-refractivity contribution is 9.10. The van der Waals surface area contributed by atoms with Crippen LogP contribution in [0.3, 0.4) is 0 Å². The molecule has 0 aliphatic heterocycles. The lowest BCUT2D eigenvalue weighted by molar-refractivity contribution is 0.0948. The molecule has 0 fully saturated rings. The molecule has 0 spiro atoms. The number of ether oxygens (including phenoxy) is 1. The summed E-state index contributed by atoms with van der Waals surface area (Å²) in [5, 5.41) is 2.80. The zero-order valence-electron chi connectivity index (χ0n) is 10.7. The van der Waals surface area contributed by atoms with Crippen LogP contribution in [0, 0.1) is 6.92 Å². The number of aryl methyl sites for hydroxylation is 1. The lowest BCUT2D eigenvalue weighted by Crippen LogP contribution is -2.22. The predicted octanol–water partition coefficient (Wildman–Crippen LogP) is 3.29. The van der Waals surface area contributed by atoms with Gasteiger partial charge in [-0.2, -0.15) is 0 Å². The SMILES string of the molecule is COc1ccc(C(=O)NCc2ccc(C)o2)cc1Br. The fraction of sp³-hybridized carbons (Fsp3) is 0.214. The summed E-state index contributed by atoms with van der Waals surface area (Å²) in [5.74, 6) is 2.10. The second-order valence-corrected chi connectivity index (χ2v) is 4.90. The van der Waals surface area contributed by atoms with Crippen LogP contribution in [-0.2, 0) is 6.54 Å². The molecule has 100 valence electrons. The minimum Gasteiger partial charge on any atom is -0.496 e. The van der Waals surface area contributed by atoms with E-state index >= 15 is 0 Å². The molecule has 1 N–H and O–H groups in total. The first-order valence-electron chi connectivity index (χ1n) is 5.77. The van der Waals surface area contributed by atoms with E-state index in [0.29, 0.717) is 17.9 Å². The summed E-state index contributed by atoms with van der Waals surface area (Å²) < 4.78 is 11.3. The molecule has 2 rings (SSSR count). The number of amides is 1. The fourth-order valence-electron chi connectivity index (χ4n) is 1.66. The van der Waals surface area contributed by atoms with Gasteiger partial charge in [-0.3, -0.25) is 4.79 Å². The van der Waals surface area contributed by atoms with Crippen LogP contribution in [-0.4, -0.2) is 13.0 Å². The van der Waals surface area contributed by atoms with Crippen molar-refractivity contribution in [1.29, 1.82) is 0 Å². The molecular formula is C14H14BrNO3. The minimum atomic E-state index is -0.155. The first-order valence-corrected chi connectivity index (χ1v) is 6.56. The molecule has 2 aromatic rings. The molecular weight excluding hydrogens is 310 g/mol. The van der Waals surface area contributed by atoms with Crippen molar-refractivity contribution >= 4 is 21.8 Å². The van der Waals surface area contributed by atoms with Crippen molar-refractivity contribution in [2.45, 2.75) is 13.5 Å². The molecule has 0 aliphatic rings. The highest BCUT2D eigenvalue weighted by Crippen LogP contribution is 2.25. The molecule has 0 bridgehead atoms. The molecule has 1 amide bonds. The number of nitrogens with one attached hydrogen (secondary N) is 1. The first-order chi connectivity index (χ1) is 9.10. The van der Waals surface area contributed by atoms with E-state index in [0.717, 1.165) is 16.0 Å². The van der Waals surface area contributed by atoms with Gasteiger partial charge in [-0.1, -0.05) is 0 Å². The van der Waals surface area contributed by atoms with Gasteiger partial charge in [0.1, 0.15) is 17.3 Å². The first kappa shape index (κ1) is 13.7. The summed E-state index contributed by atoms with van der Waals surface area (Å²) in [6.45, 7) is 2.24. The average molecular weight is 324 g/mol. The normalized spacial score (nSPS) is 10.3. The number of carbonyl (C=O) groups excluding carboxylic acids is 1. The Morgan fingerprint density at radius 3 is 2.74 bits per heavy atom.